The molecular weight excluding hydrogens is 305 g/mol. The molecular formula is C19H18FN3O. The van der Waals surface area contributed by atoms with Crippen LogP contribution in [0, 0.1) is 11.7 Å². The maximum atomic E-state index is 14.2. The smallest absolute Gasteiger partial charge is 0.143 e. The van der Waals surface area contributed by atoms with Crippen molar-refractivity contribution in [2.45, 2.75) is 12.5 Å². The Bertz CT molecular complexity index is 818. The first kappa shape index (κ1) is 15.0. The van der Waals surface area contributed by atoms with Crippen LogP contribution in [0.1, 0.15) is 11.6 Å². The summed E-state index contributed by atoms with van der Waals surface area (Å²) < 4.78 is 22.0. The maximum absolute atomic E-state index is 14.2. The number of halogens is 1. The summed E-state index contributed by atoms with van der Waals surface area (Å²) in [4.78, 5) is 8.45. The molecule has 0 amide bonds. The van der Waals surface area contributed by atoms with Gasteiger partial charge >= 0.3 is 0 Å². The molecule has 5 heteroatoms. The lowest BCUT2D eigenvalue weighted by molar-refractivity contribution is 0.181. The molecule has 1 fully saturated rings. The van der Waals surface area contributed by atoms with Gasteiger partial charge in [-0.05, 0) is 36.2 Å². The third-order valence-electron chi connectivity index (χ3n) is 4.55. The molecule has 4 rings (SSSR count). The Balaban J connectivity index is 1.64. The molecule has 0 bridgehead atoms. The van der Waals surface area contributed by atoms with Crippen LogP contribution in [0.5, 0.6) is 0 Å². The first-order valence-electron chi connectivity index (χ1n) is 8.07. The van der Waals surface area contributed by atoms with Crippen molar-refractivity contribution >= 4 is 0 Å². The molecule has 0 N–H and O–H groups in total. The van der Waals surface area contributed by atoms with Crippen LogP contribution in [0.3, 0.4) is 0 Å². The second-order valence-corrected chi connectivity index (χ2v) is 6.06. The second kappa shape index (κ2) is 6.53. The van der Waals surface area contributed by atoms with Crippen LogP contribution in [0.4, 0.5) is 4.39 Å². The van der Waals surface area contributed by atoms with Crippen molar-refractivity contribution in [1.29, 1.82) is 0 Å². The van der Waals surface area contributed by atoms with Crippen molar-refractivity contribution in [2.24, 2.45) is 5.92 Å². The van der Waals surface area contributed by atoms with Crippen molar-refractivity contribution in [1.82, 2.24) is 14.5 Å². The number of ether oxygens (including phenoxy) is 1. The van der Waals surface area contributed by atoms with Crippen LogP contribution < -0.4 is 0 Å². The van der Waals surface area contributed by atoms with Gasteiger partial charge in [-0.2, -0.15) is 0 Å². The molecule has 3 aromatic rings. The van der Waals surface area contributed by atoms with Crippen molar-refractivity contribution in [3.8, 4) is 11.4 Å². The summed E-state index contributed by atoms with van der Waals surface area (Å²) in [5.41, 5.74) is 1.76. The van der Waals surface area contributed by atoms with Crippen molar-refractivity contribution in [3.63, 3.8) is 0 Å². The molecule has 0 aliphatic carbocycles. The number of aromatic nitrogens is 3. The summed E-state index contributed by atoms with van der Waals surface area (Å²) in [5.74, 6) is 0.727. The Hall–Kier alpha value is -2.53. The van der Waals surface area contributed by atoms with E-state index in [0.29, 0.717) is 30.5 Å². The number of nitrogens with zero attached hydrogens (tertiary/aromatic N) is 3. The van der Waals surface area contributed by atoms with Crippen molar-refractivity contribution in [2.75, 3.05) is 13.2 Å². The average Bonchev–Trinajstić information content (AvgIpc) is 3.25. The van der Waals surface area contributed by atoms with E-state index in [1.165, 1.54) is 11.6 Å². The van der Waals surface area contributed by atoms with Gasteiger partial charge in [-0.3, -0.25) is 4.98 Å². The Morgan fingerprint density at radius 3 is 2.75 bits per heavy atom. The summed E-state index contributed by atoms with van der Waals surface area (Å²) >= 11 is 0. The third kappa shape index (κ3) is 2.83. The van der Waals surface area contributed by atoms with Gasteiger partial charge in [-0.1, -0.05) is 12.1 Å². The number of pyridine rings is 1. The highest BCUT2D eigenvalue weighted by Crippen LogP contribution is 2.33. The van der Waals surface area contributed by atoms with Gasteiger partial charge in [0, 0.05) is 30.7 Å². The van der Waals surface area contributed by atoms with Crippen molar-refractivity contribution in [3.05, 3.63) is 72.6 Å². The molecule has 122 valence electrons. The highest BCUT2D eigenvalue weighted by molar-refractivity contribution is 5.56. The molecule has 0 unspecified atom stereocenters. The zero-order valence-electron chi connectivity index (χ0n) is 13.2. The molecule has 1 aromatic carbocycles. The molecule has 4 nitrogen and oxygen atoms in total. The number of hydrogen-bond acceptors (Lipinski definition) is 3. The topological polar surface area (TPSA) is 39.9 Å². The van der Waals surface area contributed by atoms with Crippen LogP contribution >= 0.6 is 0 Å². The summed E-state index contributed by atoms with van der Waals surface area (Å²) in [6, 6.07) is 11.0. The molecule has 1 aliphatic rings. The maximum Gasteiger partial charge on any atom is 0.143 e. The Morgan fingerprint density at radius 2 is 1.92 bits per heavy atom. The minimum absolute atomic E-state index is 0.148. The highest BCUT2D eigenvalue weighted by Gasteiger charge is 2.31. The van der Waals surface area contributed by atoms with Crippen LogP contribution in [0.25, 0.3) is 11.4 Å². The van der Waals surface area contributed by atoms with E-state index in [1.54, 1.807) is 18.3 Å². The normalized spacial score (nSPS) is 20.4. The largest absolute Gasteiger partial charge is 0.379 e. The number of imidazole rings is 1. The second-order valence-electron chi connectivity index (χ2n) is 6.06. The number of rotatable bonds is 4. The predicted octanol–water partition coefficient (Wildman–Crippen LogP) is 3.51. The average molecular weight is 323 g/mol. The molecule has 2 atom stereocenters. The fourth-order valence-electron chi connectivity index (χ4n) is 3.34. The van der Waals surface area contributed by atoms with Gasteiger partial charge in [0.15, 0.2) is 0 Å². The summed E-state index contributed by atoms with van der Waals surface area (Å²) in [6.45, 7) is 1.31. The molecule has 0 spiro atoms. The minimum atomic E-state index is -0.255. The Morgan fingerprint density at radius 1 is 1.08 bits per heavy atom. The van der Waals surface area contributed by atoms with E-state index in [9.17, 15) is 4.39 Å². The van der Waals surface area contributed by atoms with Crippen LogP contribution in [0.2, 0.25) is 0 Å². The van der Waals surface area contributed by atoms with E-state index in [2.05, 4.69) is 14.5 Å². The Kier molecular flexibility index (Phi) is 4.09. The molecule has 1 aliphatic heterocycles. The molecule has 1 saturated heterocycles. The number of hydrogen-bond donors (Lipinski definition) is 0. The van der Waals surface area contributed by atoms with Gasteiger partial charge in [-0.25, -0.2) is 9.37 Å². The molecule has 0 radical (unpaired) electrons. The zero-order chi connectivity index (χ0) is 16.4. The van der Waals surface area contributed by atoms with Gasteiger partial charge < -0.3 is 9.30 Å². The lowest BCUT2D eigenvalue weighted by Crippen LogP contribution is -2.20. The lowest BCUT2D eigenvalue weighted by Gasteiger charge is -2.21. The summed E-state index contributed by atoms with van der Waals surface area (Å²) in [6.07, 6.45) is 8.16. The first-order chi connectivity index (χ1) is 11.8. The van der Waals surface area contributed by atoms with E-state index in [0.717, 1.165) is 6.42 Å². The van der Waals surface area contributed by atoms with Gasteiger partial charge in [0.2, 0.25) is 0 Å². The van der Waals surface area contributed by atoms with Gasteiger partial charge in [0.05, 0.1) is 24.8 Å². The molecule has 0 saturated carbocycles. The summed E-state index contributed by atoms with van der Waals surface area (Å²) in [7, 11) is 0. The zero-order valence-corrected chi connectivity index (χ0v) is 13.2. The van der Waals surface area contributed by atoms with Crippen LogP contribution in [0.15, 0.2) is 61.2 Å². The van der Waals surface area contributed by atoms with E-state index in [4.69, 9.17) is 4.74 Å². The first-order valence-corrected chi connectivity index (χ1v) is 8.07. The van der Waals surface area contributed by atoms with Crippen LogP contribution in [-0.4, -0.2) is 27.7 Å². The van der Waals surface area contributed by atoms with E-state index in [-0.39, 0.29) is 11.9 Å². The van der Waals surface area contributed by atoms with Crippen LogP contribution in [-0.2, 0) is 11.2 Å². The standard InChI is InChI=1S/C19H18FN3O/c20-17-4-2-1-3-16(17)19-22-9-10-23(19)18-13-24-12-15(18)11-14-5-7-21-8-6-14/h1-10,15,18H,11-13H2/t15-,18+/m0/s1. The molecule has 24 heavy (non-hydrogen) atoms. The van der Waals surface area contributed by atoms with E-state index in [1.807, 2.05) is 36.8 Å². The summed E-state index contributed by atoms with van der Waals surface area (Å²) in [5, 5.41) is 0. The predicted molar refractivity (Wildman–Crippen MR) is 88.9 cm³/mol. The fourth-order valence-corrected chi connectivity index (χ4v) is 3.34. The van der Waals surface area contributed by atoms with Gasteiger partial charge in [0.25, 0.3) is 0 Å². The lowest BCUT2D eigenvalue weighted by atomic mass is 9.95. The molecule has 3 heterocycles. The SMILES string of the molecule is Fc1ccccc1-c1nccn1[C@@H]1COC[C@@H]1Cc1ccncc1. The monoisotopic (exact) mass is 323 g/mol. The highest BCUT2D eigenvalue weighted by atomic mass is 19.1. The van der Waals surface area contributed by atoms with Gasteiger partial charge in [0.1, 0.15) is 11.6 Å². The van der Waals surface area contributed by atoms with Gasteiger partial charge in [-0.15, -0.1) is 0 Å². The third-order valence-corrected chi connectivity index (χ3v) is 4.55. The Labute approximate surface area is 140 Å². The van der Waals surface area contributed by atoms with E-state index < -0.39 is 0 Å². The quantitative estimate of drug-likeness (QED) is 0.737. The number of benzene rings is 1. The van der Waals surface area contributed by atoms with Crippen molar-refractivity contribution < 1.29 is 9.13 Å². The molecule has 2 aromatic heterocycles. The minimum Gasteiger partial charge on any atom is -0.379 e. The van der Waals surface area contributed by atoms with E-state index >= 15 is 0 Å². The fraction of sp³-hybridized carbons (Fsp3) is 0.263.